The SMILES string of the molecule is CCc1cc(=O)[nH]c(-c2cccc(OC(F)(F)F)c2)n1. The molecule has 0 fully saturated rings. The second-order valence-electron chi connectivity index (χ2n) is 4.01. The molecule has 0 aliphatic carbocycles. The van der Waals surface area contributed by atoms with E-state index in [2.05, 4.69) is 14.7 Å². The maximum absolute atomic E-state index is 12.2. The van der Waals surface area contributed by atoms with Crippen molar-refractivity contribution in [1.29, 1.82) is 0 Å². The first-order chi connectivity index (χ1) is 9.37. The van der Waals surface area contributed by atoms with Gasteiger partial charge in [-0.3, -0.25) is 4.79 Å². The Kier molecular flexibility index (Phi) is 3.78. The third kappa shape index (κ3) is 3.59. The quantitative estimate of drug-likeness (QED) is 0.942. The highest BCUT2D eigenvalue weighted by atomic mass is 19.4. The summed E-state index contributed by atoms with van der Waals surface area (Å²) >= 11 is 0. The molecular formula is C13H11F3N2O2. The number of nitrogens with zero attached hydrogens (tertiary/aromatic N) is 1. The van der Waals surface area contributed by atoms with Crippen molar-refractivity contribution in [2.75, 3.05) is 0 Å². The summed E-state index contributed by atoms with van der Waals surface area (Å²) in [5, 5.41) is 0. The minimum atomic E-state index is -4.76. The predicted octanol–water partition coefficient (Wildman–Crippen LogP) is 2.90. The first-order valence-corrected chi connectivity index (χ1v) is 5.84. The Morgan fingerprint density at radius 2 is 2.05 bits per heavy atom. The van der Waals surface area contributed by atoms with Gasteiger partial charge in [0.2, 0.25) is 0 Å². The Morgan fingerprint density at radius 1 is 1.30 bits per heavy atom. The van der Waals surface area contributed by atoms with E-state index in [9.17, 15) is 18.0 Å². The van der Waals surface area contributed by atoms with Gasteiger partial charge in [-0.2, -0.15) is 0 Å². The van der Waals surface area contributed by atoms with Gasteiger partial charge < -0.3 is 9.72 Å². The lowest BCUT2D eigenvalue weighted by molar-refractivity contribution is -0.274. The second-order valence-corrected chi connectivity index (χ2v) is 4.01. The number of aryl methyl sites for hydroxylation is 1. The third-order valence-electron chi connectivity index (χ3n) is 2.50. The van der Waals surface area contributed by atoms with Crippen molar-refractivity contribution in [3.8, 4) is 17.1 Å². The molecule has 0 unspecified atom stereocenters. The number of ether oxygens (including phenoxy) is 1. The molecule has 0 saturated heterocycles. The first kappa shape index (κ1) is 14.1. The van der Waals surface area contributed by atoms with E-state index >= 15 is 0 Å². The molecule has 1 N–H and O–H groups in total. The minimum absolute atomic E-state index is 0.210. The summed E-state index contributed by atoms with van der Waals surface area (Å²) in [5.74, 6) is -0.151. The first-order valence-electron chi connectivity index (χ1n) is 5.84. The van der Waals surface area contributed by atoms with Gasteiger partial charge in [0.15, 0.2) is 0 Å². The van der Waals surface area contributed by atoms with Crippen LogP contribution in [0.2, 0.25) is 0 Å². The maximum atomic E-state index is 12.2. The lowest BCUT2D eigenvalue weighted by Crippen LogP contribution is -2.17. The number of hydrogen-bond donors (Lipinski definition) is 1. The Balaban J connectivity index is 2.40. The monoisotopic (exact) mass is 284 g/mol. The fraction of sp³-hybridized carbons (Fsp3) is 0.231. The largest absolute Gasteiger partial charge is 0.573 e. The van der Waals surface area contributed by atoms with Gasteiger partial charge >= 0.3 is 6.36 Å². The highest BCUT2D eigenvalue weighted by Gasteiger charge is 2.31. The maximum Gasteiger partial charge on any atom is 0.573 e. The van der Waals surface area contributed by atoms with Crippen molar-refractivity contribution in [3.63, 3.8) is 0 Å². The molecule has 0 aliphatic rings. The van der Waals surface area contributed by atoms with E-state index in [0.717, 1.165) is 0 Å². The van der Waals surface area contributed by atoms with Crippen molar-refractivity contribution in [1.82, 2.24) is 9.97 Å². The van der Waals surface area contributed by atoms with Crippen LogP contribution >= 0.6 is 0 Å². The van der Waals surface area contributed by atoms with E-state index in [4.69, 9.17) is 0 Å². The molecule has 1 heterocycles. The molecule has 0 amide bonds. The normalized spacial score (nSPS) is 11.4. The predicted molar refractivity (Wildman–Crippen MR) is 66.4 cm³/mol. The molecule has 1 aromatic heterocycles. The molecule has 1 aromatic carbocycles. The van der Waals surface area contributed by atoms with Crippen molar-refractivity contribution in [2.45, 2.75) is 19.7 Å². The van der Waals surface area contributed by atoms with Crippen LogP contribution in [-0.2, 0) is 6.42 Å². The molecule has 0 aliphatic heterocycles. The van der Waals surface area contributed by atoms with Crippen LogP contribution in [0.1, 0.15) is 12.6 Å². The van der Waals surface area contributed by atoms with E-state index in [-0.39, 0.29) is 17.1 Å². The molecule has 7 heteroatoms. The zero-order valence-corrected chi connectivity index (χ0v) is 10.5. The topological polar surface area (TPSA) is 55.0 Å². The minimum Gasteiger partial charge on any atom is -0.406 e. The van der Waals surface area contributed by atoms with Crippen LogP contribution in [0.3, 0.4) is 0 Å². The van der Waals surface area contributed by atoms with Gasteiger partial charge in [-0.25, -0.2) is 4.98 Å². The highest BCUT2D eigenvalue weighted by Crippen LogP contribution is 2.26. The molecule has 106 valence electrons. The molecular weight excluding hydrogens is 273 g/mol. The molecule has 0 bridgehead atoms. The van der Waals surface area contributed by atoms with E-state index in [0.29, 0.717) is 17.7 Å². The third-order valence-corrected chi connectivity index (χ3v) is 2.50. The standard InChI is InChI=1S/C13H11F3N2O2/c1-2-9-7-11(19)18-12(17-9)8-4-3-5-10(6-8)20-13(14,15)16/h3-7H,2H2,1H3,(H,17,18,19). The zero-order chi connectivity index (χ0) is 14.8. The summed E-state index contributed by atoms with van der Waals surface area (Å²) in [5.41, 5.74) is 0.555. The van der Waals surface area contributed by atoms with Crippen molar-refractivity contribution in [2.24, 2.45) is 0 Å². The second kappa shape index (κ2) is 5.36. The lowest BCUT2D eigenvalue weighted by Gasteiger charge is -2.10. The van der Waals surface area contributed by atoms with Crippen molar-refractivity contribution >= 4 is 0 Å². The van der Waals surface area contributed by atoms with Crippen LogP contribution in [-0.4, -0.2) is 16.3 Å². The Bertz CT molecular complexity index is 665. The Labute approximate surface area is 112 Å². The summed E-state index contributed by atoms with van der Waals surface area (Å²) in [7, 11) is 0. The van der Waals surface area contributed by atoms with Crippen LogP contribution in [0.4, 0.5) is 13.2 Å². The number of rotatable bonds is 3. The lowest BCUT2D eigenvalue weighted by atomic mass is 10.2. The van der Waals surface area contributed by atoms with Crippen LogP contribution in [0, 0.1) is 0 Å². The molecule has 2 aromatic rings. The molecule has 20 heavy (non-hydrogen) atoms. The highest BCUT2D eigenvalue weighted by molar-refractivity contribution is 5.57. The molecule has 2 rings (SSSR count). The van der Waals surface area contributed by atoms with E-state index in [1.165, 1.54) is 24.3 Å². The van der Waals surface area contributed by atoms with Crippen LogP contribution in [0.25, 0.3) is 11.4 Å². The summed E-state index contributed by atoms with van der Waals surface area (Å²) < 4.78 is 40.3. The summed E-state index contributed by atoms with van der Waals surface area (Å²) in [4.78, 5) is 18.1. The van der Waals surface area contributed by atoms with Gasteiger partial charge in [0.25, 0.3) is 5.56 Å². The molecule has 0 saturated carbocycles. The number of aromatic amines is 1. The van der Waals surface area contributed by atoms with Gasteiger partial charge in [-0.1, -0.05) is 19.1 Å². The van der Waals surface area contributed by atoms with E-state index in [1.807, 2.05) is 6.92 Å². The number of halogens is 3. The average Bonchev–Trinajstić information content (AvgIpc) is 2.36. The van der Waals surface area contributed by atoms with Gasteiger partial charge in [0.1, 0.15) is 11.6 Å². The van der Waals surface area contributed by atoms with Gasteiger partial charge in [-0.05, 0) is 18.6 Å². The zero-order valence-electron chi connectivity index (χ0n) is 10.5. The number of H-pyrrole nitrogens is 1. The average molecular weight is 284 g/mol. The Hall–Kier alpha value is -2.31. The summed E-state index contributed by atoms with van der Waals surface area (Å²) in [6.07, 6.45) is -4.21. The number of alkyl halides is 3. The van der Waals surface area contributed by atoms with Crippen molar-refractivity contribution in [3.05, 3.63) is 46.4 Å². The van der Waals surface area contributed by atoms with E-state index < -0.39 is 6.36 Å². The molecule has 0 atom stereocenters. The Morgan fingerprint density at radius 3 is 2.70 bits per heavy atom. The van der Waals surface area contributed by atoms with Gasteiger partial charge in [-0.15, -0.1) is 13.2 Å². The van der Waals surface area contributed by atoms with Gasteiger partial charge in [0, 0.05) is 17.3 Å². The fourth-order valence-electron chi connectivity index (χ4n) is 1.67. The number of hydrogen-bond acceptors (Lipinski definition) is 3. The fourth-order valence-corrected chi connectivity index (χ4v) is 1.67. The molecule has 0 spiro atoms. The number of benzene rings is 1. The van der Waals surface area contributed by atoms with Crippen LogP contribution in [0.5, 0.6) is 5.75 Å². The summed E-state index contributed by atoms with van der Waals surface area (Å²) in [6, 6.07) is 6.64. The summed E-state index contributed by atoms with van der Waals surface area (Å²) in [6.45, 7) is 1.83. The number of aromatic nitrogens is 2. The van der Waals surface area contributed by atoms with Crippen molar-refractivity contribution < 1.29 is 17.9 Å². The smallest absolute Gasteiger partial charge is 0.406 e. The van der Waals surface area contributed by atoms with Crippen LogP contribution < -0.4 is 10.3 Å². The molecule has 0 radical (unpaired) electrons. The molecule has 4 nitrogen and oxygen atoms in total. The number of nitrogens with one attached hydrogen (secondary N) is 1. The van der Waals surface area contributed by atoms with Crippen LogP contribution in [0.15, 0.2) is 35.1 Å². The van der Waals surface area contributed by atoms with E-state index in [1.54, 1.807) is 6.07 Å². The van der Waals surface area contributed by atoms with Gasteiger partial charge in [0.05, 0.1) is 0 Å².